The molecule has 0 bridgehead atoms. The Bertz CT molecular complexity index is 451. The van der Waals surface area contributed by atoms with Crippen LogP contribution in [0, 0.1) is 0 Å². The normalized spacial score (nSPS) is 18.7. The van der Waals surface area contributed by atoms with Crippen LogP contribution in [0.25, 0.3) is 0 Å². The zero-order valence-corrected chi connectivity index (χ0v) is 11.9. The summed E-state index contributed by atoms with van der Waals surface area (Å²) >= 11 is 0. The van der Waals surface area contributed by atoms with Crippen LogP contribution in [0.15, 0.2) is 17.2 Å². The molecule has 5 heteroatoms. The van der Waals surface area contributed by atoms with Crippen LogP contribution in [-0.2, 0) is 6.54 Å². The molecule has 5 nitrogen and oxygen atoms in total. The van der Waals surface area contributed by atoms with Gasteiger partial charge in [-0.2, -0.15) is 0 Å². The van der Waals surface area contributed by atoms with Crippen molar-refractivity contribution in [3.63, 3.8) is 0 Å². The van der Waals surface area contributed by atoms with E-state index in [9.17, 15) is 4.79 Å². The van der Waals surface area contributed by atoms with E-state index < -0.39 is 0 Å². The van der Waals surface area contributed by atoms with Crippen LogP contribution in [0.3, 0.4) is 0 Å². The van der Waals surface area contributed by atoms with E-state index in [4.69, 9.17) is 0 Å². The summed E-state index contributed by atoms with van der Waals surface area (Å²) in [6.07, 6.45) is 6.88. The van der Waals surface area contributed by atoms with Gasteiger partial charge >= 0.3 is 0 Å². The highest BCUT2D eigenvalue weighted by molar-refractivity contribution is 5.35. The van der Waals surface area contributed by atoms with Crippen molar-refractivity contribution in [3.8, 4) is 0 Å². The zero-order chi connectivity index (χ0) is 13.7. The van der Waals surface area contributed by atoms with Crippen molar-refractivity contribution in [1.29, 1.82) is 0 Å². The van der Waals surface area contributed by atoms with Gasteiger partial charge in [0.1, 0.15) is 0 Å². The number of hydrogen-bond acceptors (Lipinski definition) is 4. The average molecular weight is 264 g/mol. The Balaban J connectivity index is 2.17. The van der Waals surface area contributed by atoms with Gasteiger partial charge in [-0.15, -0.1) is 0 Å². The number of rotatable bonds is 6. The third-order valence-electron chi connectivity index (χ3n) is 3.64. The minimum Gasteiger partial charge on any atom is -0.351 e. The Labute approximate surface area is 114 Å². The van der Waals surface area contributed by atoms with Gasteiger partial charge in [0.15, 0.2) is 5.82 Å². The van der Waals surface area contributed by atoms with E-state index in [0.29, 0.717) is 11.9 Å². The fourth-order valence-corrected chi connectivity index (χ4v) is 2.61. The van der Waals surface area contributed by atoms with E-state index in [2.05, 4.69) is 29.0 Å². The molecular weight excluding hydrogens is 240 g/mol. The van der Waals surface area contributed by atoms with Gasteiger partial charge in [0.2, 0.25) is 0 Å². The topological polar surface area (TPSA) is 50.2 Å². The van der Waals surface area contributed by atoms with Gasteiger partial charge in [-0.3, -0.25) is 4.79 Å². The van der Waals surface area contributed by atoms with Gasteiger partial charge in [-0.1, -0.05) is 6.92 Å². The number of nitrogens with zero attached hydrogens (tertiary/aromatic N) is 3. The summed E-state index contributed by atoms with van der Waals surface area (Å²) in [4.78, 5) is 18.8. The number of nitrogens with one attached hydrogen (secondary N) is 1. The highest BCUT2D eigenvalue weighted by atomic mass is 16.1. The second kappa shape index (κ2) is 6.70. The number of anilines is 1. The van der Waals surface area contributed by atoms with Crippen molar-refractivity contribution in [3.05, 3.63) is 22.7 Å². The highest BCUT2D eigenvalue weighted by Gasteiger charge is 2.20. The smallest absolute Gasteiger partial charge is 0.293 e. The third kappa shape index (κ3) is 3.35. The molecule has 0 radical (unpaired) electrons. The number of aromatic nitrogens is 2. The maximum absolute atomic E-state index is 12.4. The van der Waals surface area contributed by atoms with Crippen molar-refractivity contribution >= 4 is 5.82 Å². The molecule has 1 aliphatic heterocycles. The summed E-state index contributed by atoms with van der Waals surface area (Å²) in [6.45, 7) is 7.68. The van der Waals surface area contributed by atoms with Crippen LogP contribution in [-0.4, -0.2) is 35.2 Å². The van der Waals surface area contributed by atoms with Crippen molar-refractivity contribution in [2.24, 2.45) is 0 Å². The predicted molar refractivity (Wildman–Crippen MR) is 77.7 cm³/mol. The van der Waals surface area contributed by atoms with Crippen LogP contribution in [0.4, 0.5) is 5.82 Å². The standard InChI is InChI=1S/C14H24N4O/c1-3-9-18-10-8-16-13(14(18)19)17(4-2)11-12-6-5-7-15-12/h8,10,12,15H,3-7,9,11H2,1-2H3. The second-order valence-corrected chi connectivity index (χ2v) is 5.08. The Morgan fingerprint density at radius 2 is 2.37 bits per heavy atom. The van der Waals surface area contributed by atoms with Gasteiger partial charge < -0.3 is 14.8 Å². The number of hydrogen-bond donors (Lipinski definition) is 1. The molecule has 0 amide bonds. The summed E-state index contributed by atoms with van der Waals surface area (Å²) < 4.78 is 1.76. The number of likely N-dealkylation sites (N-methyl/N-ethyl adjacent to an activating group) is 1. The van der Waals surface area contributed by atoms with Gasteiger partial charge in [0.05, 0.1) is 0 Å². The first kappa shape index (κ1) is 14.1. The van der Waals surface area contributed by atoms with Crippen LogP contribution in [0.2, 0.25) is 0 Å². The van der Waals surface area contributed by atoms with Crippen LogP contribution < -0.4 is 15.8 Å². The van der Waals surface area contributed by atoms with E-state index in [-0.39, 0.29) is 5.56 Å². The second-order valence-electron chi connectivity index (χ2n) is 5.08. The molecule has 2 heterocycles. The minimum absolute atomic E-state index is 0.0317. The van der Waals surface area contributed by atoms with E-state index in [1.807, 2.05) is 0 Å². The molecule has 1 saturated heterocycles. The van der Waals surface area contributed by atoms with Crippen molar-refractivity contribution in [1.82, 2.24) is 14.9 Å². The van der Waals surface area contributed by atoms with Crippen LogP contribution in [0.5, 0.6) is 0 Å². The Morgan fingerprint density at radius 1 is 1.53 bits per heavy atom. The first-order valence-corrected chi connectivity index (χ1v) is 7.30. The highest BCUT2D eigenvalue weighted by Crippen LogP contribution is 2.10. The first-order valence-electron chi connectivity index (χ1n) is 7.30. The fraction of sp³-hybridized carbons (Fsp3) is 0.714. The molecule has 1 atom stereocenters. The van der Waals surface area contributed by atoms with Crippen molar-refractivity contribution < 1.29 is 0 Å². The van der Waals surface area contributed by atoms with Gasteiger partial charge in [0.25, 0.3) is 5.56 Å². The van der Waals surface area contributed by atoms with E-state index >= 15 is 0 Å². The van der Waals surface area contributed by atoms with Gasteiger partial charge in [-0.25, -0.2) is 4.98 Å². The zero-order valence-electron chi connectivity index (χ0n) is 11.9. The molecule has 106 valence electrons. The SMILES string of the molecule is CCCn1ccnc(N(CC)CC2CCCN2)c1=O. The molecule has 0 spiro atoms. The summed E-state index contributed by atoms with van der Waals surface area (Å²) in [7, 11) is 0. The fourth-order valence-electron chi connectivity index (χ4n) is 2.61. The van der Waals surface area contributed by atoms with E-state index in [1.165, 1.54) is 12.8 Å². The maximum atomic E-state index is 12.4. The molecule has 0 aliphatic carbocycles. The predicted octanol–water partition coefficient (Wildman–Crippen LogP) is 1.23. The summed E-state index contributed by atoms with van der Waals surface area (Å²) in [6, 6.07) is 0.487. The molecule has 19 heavy (non-hydrogen) atoms. The van der Waals surface area contributed by atoms with Crippen LogP contribution in [0.1, 0.15) is 33.1 Å². The van der Waals surface area contributed by atoms with Gasteiger partial charge in [0, 0.05) is 38.1 Å². The lowest BCUT2D eigenvalue weighted by Crippen LogP contribution is -2.41. The molecule has 2 rings (SSSR count). The lowest BCUT2D eigenvalue weighted by Gasteiger charge is -2.25. The number of aryl methyl sites for hydroxylation is 1. The van der Waals surface area contributed by atoms with E-state index in [0.717, 1.165) is 32.6 Å². The minimum atomic E-state index is 0.0317. The van der Waals surface area contributed by atoms with Crippen LogP contribution >= 0.6 is 0 Å². The monoisotopic (exact) mass is 264 g/mol. The lowest BCUT2D eigenvalue weighted by atomic mass is 10.2. The Kier molecular flexibility index (Phi) is 4.96. The van der Waals surface area contributed by atoms with E-state index in [1.54, 1.807) is 17.0 Å². The molecule has 0 aromatic carbocycles. The molecule has 1 aromatic heterocycles. The largest absolute Gasteiger partial charge is 0.351 e. The van der Waals surface area contributed by atoms with Crippen molar-refractivity contribution in [2.45, 2.75) is 45.7 Å². The van der Waals surface area contributed by atoms with Crippen molar-refractivity contribution in [2.75, 3.05) is 24.5 Å². The third-order valence-corrected chi connectivity index (χ3v) is 3.64. The molecule has 1 aromatic rings. The lowest BCUT2D eigenvalue weighted by molar-refractivity contribution is 0.576. The molecule has 1 aliphatic rings. The molecule has 1 fully saturated rings. The first-order chi connectivity index (χ1) is 9.26. The summed E-state index contributed by atoms with van der Waals surface area (Å²) in [5.41, 5.74) is 0.0317. The Hall–Kier alpha value is -1.36. The molecule has 1 N–H and O–H groups in total. The molecule has 1 unspecified atom stereocenters. The average Bonchev–Trinajstić information content (AvgIpc) is 2.92. The Morgan fingerprint density at radius 3 is 3.00 bits per heavy atom. The summed E-state index contributed by atoms with van der Waals surface area (Å²) in [5, 5.41) is 3.47. The quantitative estimate of drug-likeness (QED) is 0.839. The maximum Gasteiger partial charge on any atom is 0.293 e. The van der Waals surface area contributed by atoms with Gasteiger partial charge in [-0.05, 0) is 32.7 Å². The molecular formula is C14H24N4O. The summed E-state index contributed by atoms with van der Waals surface area (Å²) in [5.74, 6) is 0.590. The molecule has 0 saturated carbocycles.